The van der Waals surface area contributed by atoms with Gasteiger partial charge < -0.3 is 5.11 Å². The topological polar surface area (TPSA) is 37.3 Å². The molecule has 0 aliphatic heterocycles. The van der Waals surface area contributed by atoms with Gasteiger partial charge in [-0.25, -0.2) is 17.6 Å². The number of alkyl halides is 2. The van der Waals surface area contributed by atoms with Crippen molar-refractivity contribution in [2.45, 2.75) is 5.67 Å². The van der Waals surface area contributed by atoms with E-state index in [1.807, 2.05) is 0 Å². The minimum absolute atomic E-state index is 0.0352. The fraction of sp³-hybridized carbons (Fsp3) is 0.375. The molecular weight excluding hydrogens is 331 g/mol. The molecule has 0 aromatic carbocycles. The van der Waals surface area contributed by atoms with Crippen LogP contribution in [0.15, 0.2) is 23.6 Å². The van der Waals surface area contributed by atoms with E-state index in [1.54, 1.807) is 0 Å². The molecule has 0 saturated carbocycles. The van der Waals surface area contributed by atoms with Gasteiger partial charge in [-0.3, -0.25) is 4.79 Å². The molecule has 0 heterocycles. The van der Waals surface area contributed by atoms with Crippen molar-refractivity contribution >= 4 is 28.6 Å². The first kappa shape index (κ1) is 12.5. The van der Waals surface area contributed by atoms with Crippen molar-refractivity contribution in [3.8, 4) is 0 Å². The van der Waals surface area contributed by atoms with Crippen LogP contribution < -0.4 is 0 Å². The number of carboxylic acid groups (broad SMARTS) is 1. The Morgan fingerprint density at radius 2 is 2.07 bits per heavy atom. The number of allylic oxidation sites excluding steroid dienone is 3. The molecule has 15 heavy (non-hydrogen) atoms. The van der Waals surface area contributed by atoms with Crippen LogP contribution in [0.3, 0.4) is 0 Å². The standard InChI is InChI=1S/C8H5F4IO2/c9-3-1-4(10)8(12,2-13)5(6(3)11)7(14)15/h1,5H,2H2,(H,14,15). The molecule has 1 rings (SSSR count). The largest absolute Gasteiger partial charge is 0.481 e. The van der Waals surface area contributed by atoms with E-state index in [4.69, 9.17) is 5.11 Å². The Bertz CT molecular complexity index is 366. The van der Waals surface area contributed by atoms with Gasteiger partial charge in [0.1, 0.15) is 5.83 Å². The van der Waals surface area contributed by atoms with Gasteiger partial charge in [0.2, 0.25) is 0 Å². The quantitative estimate of drug-likeness (QED) is 0.478. The first-order chi connectivity index (χ1) is 6.84. The van der Waals surface area contributed by atoms with E-state index in [0.29, 0.717) is 0 Å². The molecular formula is C8H5F4IO2. The Hall–Kier alpha value is -0.600. The van der Waals surface area contributed by atoms with E-state index in [9.17, 15) is 22.4 Å². The monoisotopic (exact) mass is 336 g/mol. The second-order valence-electron chi connectivity index (χ2n) is 2.96. The number of rotatable bonds is 2. The number of carboxylic acids is 1. The Morgan fingerprint density at radius 3 is 2.47 bits per heavy atom. The summed E-state index contributed by atoms with van der Waals surface area (Å²) < 4.78 is 51.9. The number of carbonyl (C=O) groups is 1. The molecule has 0 fully saturated rings. The van der Waals surface area contributed by atoms with Gasteiger partial charge in [-0.1, -0.05) is 22.6 Å². The lowest BCUT2D eigenvalue weighted by Gasteiger charge is -2.29. The third-order valence-corrected chi connectivity index (χ3v) is 3.14. The van der Waals surface area contributed by atoms with Gasteiger partial charge >= 0.3 is 5.97 Å². The van der Waals surface area contributed by atoms with Gasteiger partial charge in [-0.15, -0.1) is 0 Å². The summed E-state index contributed by atoms with van der Waals surface area (Å²) in [5.74, 6) is -9.48. The zero-order chi connectivity index (χ0) is 11.8. The Morgan fingerprint density at radius 1 is 1.53 bits per heavy atom. The molecule has 2 unspecified atom stereocenters. The predicted molar refractivity (Wildman–Crippen MR) is 52.3 cm³/mol. The summed E-state index contributed by atoms with van der Waals surface area (Å²) in [6.07, 6.45) is 0.0352. The first-order valence-corrected chi connectivity index (χ1v) is 5.27. The summed E-state index contributed by atoms with van der Waals surface area (Å²) in [6.45, 7) is 0. The number of hydrogen-bond acceptors (Lipinski definition) is 1. The van der Waals surface area contributed by atoms with Gasteiger partial charge in [-0.2, -0.15) is 0 Å². The summed E-state index contributed by atoms with van der Waals surface area (Å²) in [4.78, 5) is 10.6. The number of aliphatic carboxylic acids is 1. The van der Waals surface area contributed by atoms with Gasteiger partial charge in [0.25, 0.3) is 0 Å². The van der Waals surface area contributed by atoms with Crippen molar-refractivity contribution in [1.29, 1.82) is 0 Å². The molecule has 1 N–H and O–H groups in total. The van der Waals surface area contributed by atoms with Crippen LogP contribution >= 0.6 is 22.6 Å². The summed E-state index contributed by atoms with van der Waals surface area (Å²) >= 11 is 1.37. The van der Waals surface area contributed by atoms with E-state index in [0.717, 1.165) is 0 Å². The van der Waals surface area contributed by atoms with Gasteiger partial charge in [-0.05, 0) is 0 Å². The molecule has 0 amide bonds. The van der Waals surface area contributed by atoms with Crippen LogP contribution in [0.2, 0.25) is 0 Å². The first-order valence-electron chi connectivity index (χ1n) is 3.75. The maximum Gasteiger partial charge on any atom is 0.317 e. The lowest BCUT2D eigenvalue weighted by atomic mass is 9.84. The van der Waals surface area contributed by atoms with Crippen LogP contribution in [-0.2, 0) is 4.79 Å². The highest BCUT2D eigenvalue weighted by atomic mass is 127. The minimum Gasteiger partial charge on any atom is -0.481 e. The average molecular weight is 336 g/mol. The van der Waals surface area contributed by atoms with E-state index in [-0.39, 0.29) is 6.08 Å². The minimum atomic E-state index is -3.02. The fourth-order valence-corrected chi connectivity index (χ4v) is 2.03. The second kappa shape index (κ2) is 4.11. The molecule has 2 atom stereocenters. The Balaban J connectivity index is 3.32. The molecule has 7 heteroatoms. The van der Waals surface area contributed by atoms with Crippen LogP contribution in [0.5, 0.6) is 0 Å². The molecule has 84 valence electrons. The summed E-state index contributed by atoms with van der Waals surface area (Å²) in [6, 6.07) is 0. The summed E-state index contributed by atoms with van der Waals surface area (Å²) in [7, 11) is 0. The highest BCUT2D eigenvalue weighted by molar-refractivity contribution is 14.1. The highest BCUT2D eigenvalue weighted by Crippen LogP contribution is 2.44. The van der Waals surface area contributed by atoms with Crippen molar-refractivity contribution in [2.24, 2.45) is 5.92 Å². The zero-order valence-corrected chi connectivity index (χ0v) is 9.26. The normalized spacial score (nSPS) is 31.5. The summed E-state index contributed by atoms with van der Waals surface area (Å²) in [5, 5.41) is 8.53. The maximum absolute atomic E-state index is 13.8. The van der Waals surface area contributed by atoms with Crippen molar-refractivity contribution in [1.82, 2.24) is 0 Å². The molecule has 0 radical (unpaired) electrons. The lowest BCUT2D eigenvalue weighted by molar-refractivity contribution is -0.145. The summed E-state index contributed by atoms with van der Waals surface area (Å²) in [5.41, 5.74) is -3.02. The molecule has 0 saturated heterocycles. The molecule has 0 aromatic rings. The predicted octanol–water partition coefficient (Wildman–Crippen LogP) is 2.85. The third-order valence-electron chi connectivity index (χ3n) is 2.03. The smallest absolute Gasteiger partial charge is 0.317 e. The molecule has 2 nitrogen and oxygen atoms in total. The van der Waals surface area contributed by atoms with Crippen molar-refractivity contribution in [2.75, 3.05) is 4.43 Å². The van der Waals surface area contributed by atoms with Crippen LogP contribution in [0.4, 0.5) is 17.6 Å². The van der Waals surface area contributed by atoms with Crippen LogP contribution in [0.1, 0.15) is 0 Å². The van der Waals surface area contributed by atoms with E-state index >= 15 is 0 Å². The van der Waals surface area contributed by atoms with Crippen molar-refractivity contribution < 1.29 is 27.5 Å². The average Bonchev–Trinajstić information content (AvgIpc) is 2.14. The van der Waals surface area contributed by atoms with Crippen LogP contribution in [0, 0.1) is 5.92 Å². The van der Waals surface area contributed by atoms with Gasteiger partial charge in [0.05, 0.1) is 0 Å². The molecule has 1 aliphatic carbocycles. The van der Waals surface area contributed by atoms with Gasteiger partial charge in [0.15, 0.2) is 23.2 Å². The lowest BCUT2D eigenvalue weighted by Crippen LogP contribution is -2.43. The molecule has 1 aliphatic rings. The number of halogens is 5. The highest BCUT2D eigenvalue weighted by Gasteiger charge is 2.53. The van der Waals surface area contributed by atoms with E-state index < -0.39 is 39.5 Å². The van der Waals surface area contributed by atoms with Crippen molar-refractivity contribution in [3.63, 3.8) is 0 Å². The Kier molecular flexibility index (Phi) is 3.41. The van der Waals surface area contributed by atoms with Gasteiger partial charge in [0, 0.05) is 10.5 Å². The molecule has 0 aromatic heterocycles. The third kappa shape index (κ3) is 1.88. The Labute approximate surface area is 95.8 Å². The number of hydrogen-bond donors (Lipinski definition) is 1. The van der Waals surface area contributed by atoms with E-state index in [2.05, 4.69) is 0 Å². The molecule has 0 bridgehead atoms. The van der Waals surface area contributed by atoms with Crippen LogP contribution in [0.25, 0.3) is 0 Å². The van der Waals surface area contributed by atoms with E-state index in [1.165, 1.54) is 22.6 Å². The SMILES string of the molecule is O=C(O)C1C(F)=C(F)C=C(F)C1(F)CI. The fourth-order valence-electron chi connectivity index (χ4n) is 1.22. The van der Waals surface area contributed by atoms with Crippen molar-refractivity contribution in [3.05, 3.63) is 23.6 Å². The maximum atomic E-state index is 13.8. The zero-order valence-electron chi connectivity index (χ0n) is 7.11. The molecule has 0 spiro atoms. The van der Waals surface area contributed by atoms with Crippen LogP contribution in [-0.4, -0.2) is 21.2 Å². The second-order valence-corrected chi connectivity index (χ2v) is 3.72.